The van der Waals surface area contributed by atoms with Crippen LogP contribution in [0.3, 0.4) is 0 Å². The van der Waals surface area contributed by atoms with Gasteiger partial charge in [-0.05, 0) is 12.1 Å². The molecule has 3 N–H and O–H groups in total. The van der Waals surface area contributed by atoms with Gasteiger partial charge in [0.15, 0.2) is 0 Å². The van der Waals surface area contributed by atoms with Crippen LogP contribution in [0, 0.1) is 0 Å². The van der Waals surface area contributed by atoms with Crippen molar-refractivity contribution in [3.05, 3.63) is 36.7 Å². The summed E-state index contributed by atoms with van der Waals surface area (Å²) in [6, 6.07) is 7.80. The van der Waals surface area contributed by atoms with Crippen molar-refractivity contribution in [1.29, 1.82) is 0 Å². The summed E-state index contributed by atoms with van der Waals surface area (Å²) in [6.07, 6.45) is -1.83. The standard InChI is InChI=1S/C8H6N2.C3H7F3N3O4P.Na.H/c1-2-4-8-7(3-1)9-5-6-10-8;4-3(5,6)12-14(10,11)13-9-2-1-7-8-9;;/h1-6H;7-8H,1-2H2,(H,10,11);;/q;;+1;-1. The second-order valence-electron chi connectivity index (χ2n) is 4.27. The maximum atomic E-state index is 11.5. The molecule has 3 rings (SSSR count). The summed E-state index contributed by atoms with van der Waals surface area (Å²) in [5.74, 6) is 0. The number of hydrogen-bond acceptors (Lipinski definition) is 8. The van der Waals surface area contributed by atoms with Crippen molar-refractivity contribution in [2.24, 2.45) is 0 Å². The number of para-hydroxylation sites is 2. The predicted octanol–water partition coefficient (Wildman–Crippen LogP) is -1.37. The van der Waals surface area contributed by atoms with Gasteiger partial charge in [-0.25, -0.2) is 9.99 Å². The summed E-state index contributed by atoms with van der Waals surface area (Å²) in [5, 5.41) is 0.631. The minimum Gasteiger partial charge on any atom is -1.00 e. The van der Waals surface area contributed by atoms with Gasteiger partial charge in [-0.15, -0.1) is 13.2 Å². The van der Waals surface area contributed by atoms with Gasteiger partial charge in [0.05, 0.1) is 17.6 Å². The van der Waals surface area contributed by atoms with E-state index in [0.29, 0.717) is 11.7 Å². The largest absolute Gasteiger partial charge is 1.00 e. The molecule has 1 atom stereocenters. The molecule has 9 nitrogen and oxygen atoms in total. The minimum absolute atomic E-state index is 0. The number of hydroxylamine groups is 1. The number of alkyl halides is 3. The molecule has 1 unspecified atom stereocenters. The first-order valence-electron chi connectivity index (χ1n) is 6.47. The maximum absolute atomic E-state index is 11.5. The molecule has 1 aliphatic heterocycles. The third-order valence-corrected chi connectivity index (χ3v) is 3.28. The first-order valence-corrected chi connectivity index (χ1v) is 7.96. The zero-order valence-electron chi connectivity index (χ0n) is 14.0. The number of phosphoric ester groups is 1. The second-order valence-corrected chi connectivity index (χ2v) is 5.56. The van der Waals surface area contributed by atoms with Gasteiger partial charge in [0.1, 0.15) is 0 Å². The van der Waals surface area contributed by atoms with E-state index in [9.17, 15) is 17.7 Å². The van der Waals surface area contributed by atoms with Gasteiger partial charge in [0, 0.05) is 18.9 Å². The third-order valence-electron chi connectivity index (χ3n) is 2.44. The van der Waals surface area contributed by atoms with Crippen LogP contribution in [0.1, 0.15) is 1.43 Å². The Bertz CT molecular complexity index is 660. The van der Waals surface area contributed by atoms with Gasteiger partial charge in [-0.3, -0.25) is 9.97 Å². The molecular weight excluding hydrogens is 377 g/mol. The third kappa shape index (κ3) is 8.51. The van der Waals surface area contributed by atoms with Crippen LogP contribution in [0.5, 0.6) is 0 Å². The Balaban J connectivity index is 0.000000464. The molecule has 134 valence electrons. The van der Waals surface area contributed by atoms with Gasteiger partial charge >= 0.3 is 43.7 Å². The molecule has 1 aliphatic rings. The molecule has 1 aromatic carbocycles. The van der Waals surface area contributed by atoms with E-state index in [0.717, 1.165) is 11.0 Å². The van der Waals surface area contributed by atoms with Gasteiger partial charge in [0.2, 0.25) is 0 Å². The number of nitrogens with zero attached hydrogens (tertiary/aromatic N) is 3. The molecule has 1 aromatic heterocycles. The molecular formula is C11H14F3N5NaO4P. The first-order chi connectivity index (χ1) is 11.3. The van der Waals surface area contributed by atoms with E-state index in [2.05, 4.69) is 30.1 Å². The summed E-state index contributed by atoms with van der Waals surface area (Å²) in [6.45, 7) is 0.456. The van der Waals surface area contributed by atoms with E-state index in [1.807, 2.05) is 24.3 Å². The monoisotopic (exact) mass is 391 g/mol. The Labute approximate surface area is 163 Å². The summed E-state index contributed by atoms with van der Waals surface area (Å²) >= 11 is 0. The van der Waals surface area contributed by atoms with E-state index >= 15 is 0 Å². The van der Waals surface area contributed by atoms with Crippen LogP contribution < -0.4 is 40.5 Å². The molecule has 2 aromatic rings. The van der Waals surface area contributed by atoms with Crippen LogP contribution in [0.25, 0.3) is 11.0 Å². The molecule has 0 aliphatic carbocycles. The molecule has 25 heavy (non-hydrogen) atoms. The van der Waals surface area contributed by atoms with Crippen molar-refractivity contribution in [3.8, 4) is 0 Å². The Kier molecular flexibility index (Phi) is 8.84. The molecule has 0 bridgehead atoms. The molecule has 0 amide bonds. The fraction of sp³-hybridized carbons (Fsp3) is 0.273. The Hall–Kier alpha value is -0.660. The summed E-state index contributed by atoms with van der Waals surface area (Å²) in [4.78, 5) is 16.8. The normalized spacial score (nSPS) is 17.3. The van der Waals surface area contributed by atoms with E-state index < -0.39 is 14.2 Å². The van der Waals surface area contributed by atoms with Gasteiger partial charge in [0.25, 0.3) is 0 Å². The number of aromatic nitrogens is 2. The zero-order valence-corrected chi connectivity index (χ0v) is 15.9. The molecule has 2 heterocycles. The number of nitrogens with one attached hydrogen (secondary N) is 2. The molecule has 0 radical (unpaired) electrons. The van der Waals surface area contributed by atoms with E-state index in [-0.39, 0.29) is 37.5 Å². The van der Waals surface area contributed by atoms with Crippen molar-refractivity contribution in [2.75, 3.05) is 13.1 Å². The van der Waals surface area contributed by atoms with Crippen molar-refractivity contribution >= 4 is 18.9 Å². The van der Waals surface area contributed by atoms with Crippen molar-refractivity contribution < 1.29 is 62.8 Å². The van der Waals surface area contributed by atoms with Crippen LogP contribution in [0.15, 0.2) is 36.7 Å². The van der Waals surface area contributed by atoms with Crippen molar-refractivity contribution in [3.63, 3.8) is 0 Å². The molecule has 0 spiro atoms. The number of rotatable bonds is 3. The number of phosphoric acid groups is 1. The topological polar surface area (TPSA) is 109 Å². The van der Waals surface area contributed by atoms with E-state index in [4.69, 9.17) is 4.89 Å². The van der Waals surface area contributed by atoms with Crippen LogP contribution >= 0.6 is 7.82 Å². The second kappa shape index (κ2) is 9.88. The maximum Gasteiger partial charge on any atom is 1.00 e. The fourth-order valence-corrected chi connectivity index (χ4v) is 2.27. The molecule has 1 saturated heterocycles. The van der Waals surface area contributed by atoms with Crippen LogP contribution in [0.4, 0.5) is 13.2 Å². The Morgan fingerprint density at radius 2 is 1.80 bits per heavy atom. The Morgan fingerprint density at radius 3 is 2.24 bits per heavy atom. The summed E-state index contributed by atoms with van der Waals surface area (Å²) in [5.41, 5.74) is 6.52. The first kappa shape index (κ1) is 22.4. The van der Waals surface area contributed by atoms with Crippen molar-refractivity contribution in [1.82, 2.24) is 26.1 Å². The number of fused-ring (bicyclic) bond motifs is 1. The predicted molar refractivity (Wildman–Crippen MR) is 76.5 cm³/mol. The smallest absolute Gasteiger partial charge is 1.00 e. The van der Waals surface area contributed by atoms with E-state index in [1.165, 1.54) is 0 Å². The summed E-state index contributed by atoms with van der Waals surface area (Å²) < 4.78 is 52.1. The van der Waals surface area contributed by atoms with E-state index in [1.54, 1.807) is 12.4 Å². The number of hydrazine groups is 2. The van der Waals surface area contributed by atoms with Gasteiger partial charge < -0.3 is 6.32 Å². The molecule has 0 saturated carbocycles. The van der Waals surface area contributed by atoms with Crippen LogP contribution in [-0.4, -0.2) is 39.5 Å². The van der Waals surface area contributed by atoms with Crippen LogP contribution in [-0.2, 0) is 13.7 Å². The van der Waals surface area contributed by atoms with Gasteiger partial charge in [-0.1, -0.05) is 17.3 Å². The van der Waals surface area contributed by atoms with Gasteiger partial charge in [-0.2, -0.15) is 14.7 Å². The Morgan fingerprint density at radius 1 is 1.24 bits per heavy atom. The number of hydrogen-bond donors (Lipinski definition) is 3. The average molecular weight is 391 g/mol. The minimum atomic E-state index is -5.22. The van der Waals surface area contributed by atoms with Crippen LogP contribution in [0.2, 0.25) is 0 Å². The number of benzene rings is 1. The fourth-order valence-electron chi connectivity index (χ4n) is 1.60. The molecule has 14 heteroatoms. The zero-order chi connectivity index (χ0) is 17.6. The van der Waals surface area contributed by atoms with Crippen molar-refractivity contribution in [2.45, 2.75) is 6.36 Å². The number of halogens is 3. The SMILES string of the molecule is O=P(O)(ON1CCNN1)OC(F)(F)F.[H-].[Na+].c1ccc2nccnc2c1. The summed E-state index contributed by atoms with van der Waals surface area (Å²) in [7, 11) is -5.16. The quantitative estimate of drug-likeness (QED) is 0.431. The average Bonchev–Trinajstić information content (AvgIpc) is 2.97. The molecule has 1 fully saturated rings.